The molecule has 1 atom stereocenters. The highest BCUT2D eigenvalue weighted by Gasteiger charge is 2.27. The SMILES string of the molecule is C[Si@@H](c1ccccc1)c1ccccc1P1Cc2ccc3ccccc3c2-c2c(ccc3ccccc23)C1. The van der Waals surface area contributed by atoms with Crippen molar-refractivity contribution in [3.8, 4) is 11.1 Å². The monoisotopic (exact) mass is 508 g/mol. The summed E-state index contributed by atoms with van der Waals surface area (Å²) >= 11 is 0. The Morgan fingerprint density at radius 1 is 0.514 bits per heavy atom. The van der Waals surface area contributed by atoms with E-state index in [-0.39, 0.29) is 7.92 Å². The minimum Gasteiger partial charge on any atom is -0.0664 e. The van der Waals surface area contributed by atoms with Gasteiger partial charge in [-0.25, -0.2) is 0 Å². The van der Waals surface area contributed by atoms with Crippen molar-refractivity contribution >= 4 is 53.9 Å². The lowest BCUT2D eigenvalue weighted by molar-refractivity contribution is 1.40. The molecule has 0 aliphatic carbocycles. The minimum atomic E-state index is -1.28. The smallest absolute Gasteiger partial charge is 0.0664 e. The Labute approximate surface area is 222 Å². The van der Waals surface area contributed by atoms with Crippen LogP contribution in [0.1, 0.15) is 11.1 Å². The van der Waals surface area contributed by atoms with Crippen LogP contribution in [0.2, 0.25) is 6.55 Å². The summed E-state index contributed by atoms with van der Waals surface area (Å²) < 4.78 is 0. The average Bonchev–Trinajstić information content (AvgIpc) is 3.14. The van der Waals surface area contributed by atoms with Gasteiger partial charge in [-0.15, -0.1) is 0 Å². The molecule has 0 N–H and O–H groups in total. The van der Waals surface area contributed by atoms with Gasteiger partial charge in [0.15, 0.2) is 0 Å². The normalized spacial score (nSPS) is 14.2. The molecule has 0 bridgehead atoms. The molecule has 0 amide bonds. The molecule has 0 radical (unpaired) electrons. The van der Waals surface area contributed by atoms with Gasteiger partial charge in [0.2, 0.25) is 0 Å². The highest BCUT2D eigenvalue weighted by molar-refractivity contribution is 7.64. The third kappa shape index (κ3) is 3.95. The van der Waals surface area contributed by atoms with Crippen LogP contribution >= 0.6 is 7.92 Å². The number of hydrogen-bond donors (Lipinski definition) is 0. The molecular formula is C35H29PSi. The summed E-state index contributed by atoms with van der Waals surface area (Å²) in [6, 6.07) is 48.0. The highest BCUT2D eigenvalue weighted by atomic mass is 31.1. The van der Waals surface area contributed by atoms with E-state index in [1.165, 1.54) is 49.0 Å². The van der Waals surface area contributed by atoms with Crippen LogP contribution in [0, 0.1) is 0 Å². The molecule has 1 aliphatic heterocycles. The Kier molecular flexibility index (Phi) is 5.77. The second kappa shape index (κ2) is 9.42. The third-order valence-corrected chi connectivity index (χ3v) is 13.6. The zero-order valence-electron chi connectivity index (χ0n) is 21.1. The second-order valence-corrected chi connectivity index (χ2v) is 15.1. The van der Waals surface area contributed by atoms with Gasteiger partial charge < -0.3 is 0 Å². The molecule has 37 heavy (non-hydrogen) atoms. The number of rotatable bonds is 3. The van der Waals surface area contributed by atoms with E-state index in [0.717, 1.165) is 12.3 Å². The van der Waals surface area contributed by atoms with Crippen molar-refractivity contribution in [1.29, 1.82) is 0 Å². The molecule has 0 saturated carbocycles. The first-order chi connectivity index (χ1) is 18.3. The molecule has 6 aromatic rings. The summed E-state index contributed by atoms with van der Waals surface area (Å²) in [7, 11) is -1.67. The van der Waals surface area contributed by atoms with E-state index < -0.39 is 8.80 Å². The largest absolute Gasteiger partial charge is 0.101 e. The van der Waals surface area contributed by atoms with Crippen LogP contribution in [0.15, 0.2) is 127 Å². The Morgan fingerprint density at radius 2 is 1.03 bits per heavy atom. The third-order valence-electron chi connectivity index (χ3n) is 8.05. The highest BCUT2D eigenvalue weighted by Crippen LogP contribution is 2.52. The Morgan fingerprint density at radius 3 is 1.65 bits per heavy atom. The maximum absolute atomic E-state index is 2.50. The van der Waals surface area contributed by atoms with Crippen molar-refractivity contribution in [2.45, 2.75) is 18.9 Å². The predicted molar refractivity (Wildman–Crippen MR) is 166 cm³/mol. The lowest BCUT2D eigenvalue weighted by atomic mass is 9.88. The topological polar surface area (TPSA) is 0 Å². The zero-order valence-corrected chi connectivity index (χ0v) is 23.1. The van der Waals surface area contributed by atoms with Gasteiger partial charge in [-0.1, -0.05) is 152 Å². The average molecular weight is 509 g/mol. The van der Waals surface area contributed by atoms with Crippen LogP contribution in [0.3, 0.4) is 0 Å². The maximum atomic E-state index is 2.50. The van der Waals surface area contributed by atoms with Gasteiger partial charge in [-0.2, -0.15) is 0 Å². The Bertz CT molecular complexity index is 1670. The van der Waals surface area contributed by atoms with Gasteiger partial charge in [0.25, 0.3) is 0 Å². The van der Waals surface area contributed by atoms with Crippen molar-refractivity contribution in [3.05, 3.63) is 139 Å². The van der Waals surface area contributed by atoms with Crippen LogP contribution in [0.25, 0.3) is 32.7 Å². The first-order valence-electron chi connectivity index (χ1n) is 13.2. The van der Waals surface area contributed by atoms with E-state index in [9.17, 15) is 0 Å². The number of fused-ring (bicyclic) bond motifs is 7. The van der Waals surface area contributed by atoms with Crippen molar-refractivity contribution in [3.63, 3.8) is 0 Å². The predicted octanol–water partition coefficient (Wildman–Crippen LogP) is 7.45. The summed E-state index contributed by atoms with van der Waals surface area (Å²) in [5, 5.41) is 10.2. The van der Waals surface area contributed by atoms with Gasteiger partial charge in [0.05, 0.1) is 0 Å². The van der Waals surface area contributed by atoms with E-state index in [1.54, 1.807) is 10.5 Å². The Hall–Kier alpha value is -3.51. The van der Waals surface area contributed by atoms with Crippen molar-refractivity contribution in [2.24, 2.45) is 0 Å². The fourth-order valence-corrected chi connectivity index (χ4v) is 12.0. The van der Waals surface area contributed by atoms with Gasteiger partial charge in [-0.3, -0.25) is 0 Å². The molecule has 1 aliphatic rings. The molecule has 7 rings (SSSR count). The summed E-state index contributed by atoms with van der Waals surface area (Å²) in [5.41, 5.74) is 5.92. The first-order valence-corrected chi connectivity index (χ1v) is 17.2. The van der Waals surface area contributed by atoms with Crippen LogP contribution < -0.4 is 15.7 Å². The molecule has 1 heterocycles. The van der Waals surface area contributed by atoms with Crippen LogP contribution in [0.5, 0.6) is 0 Å². The van der Waals surface area contributed by atoms with E-state index in [2.05, 4.69) is 134 Å². The molecule has 0 fully saturated rings. The summed E-state index contributed by atoms with van der Waals surface area (Å²) in [6.07, 6.45) is 2.26. The summed E-state index contributed by atoms with van der Waals surface area (Å²) in [5.74, 6) is 0. The molecule has 178 valence electrons. The van der Waals surface area contributed by atoms with Crippen molar-refractivity contribution < 1.29 is 0 Å². The van der Waals surface area contributed by atoms with Crippen molar-refractivity contribution in [2.75, 3.05) is 0 Å². The molecule has 0 spiro atoms. The lowest BCUT2D eigenvalue weighted by Gasteiger charge is -2.23. The zero-order chi connectivity index (χ0) is 24.8. The van der Waals surface area contributed by atoms with E-state index in [0.29, 0.717) is 0 Å². The fourth-order valence-electron chi connectivity index (χ4n) is 6.19. The quantitative estimate of drug-likeness (QED) is 0.172. The van der Waals surface area contributed by atoms with Crippen LogP contribution in [-0.2, 0) is 12.3 Å². The van der Waals surface area contributed by atoms with E-state index >= 15 is 0 Å². The Balaban J connectivity index is 1.46. The minimum absolute atomic E-state index is 0.386. The second-order valence-electron chi connectivity index (χ2n) is 10.2. The van der Waals surface area contributed by atoms with E-state index in [1.807, 2.05) is 0 Å². The van der Waals surface area contributed by atoms with Gasteiger partial charge in [-0.05, 0) is 61.4 Å². The van der Waals surface area contributed by atoms with E-state index in [4.69, 9.17) is 0 Å². The number of hydrogen-bond acceptors (Lipinski definition) is 0. The van der Waals surface area contributed by atoms with Gasteiger partial charge in [0, 0.05) is 0 Å². The number of benzene rings is 6. The molecule has 0 nitrogen and oxygen atoms in total. The van der Waals surface area contributed by atoms with Gasteiger partial charge in [0.1, 0.15) is 8.80 Å². The molecule has 0 aromatic heterocycles. The van der Waals surface area contributed by atoms with Gasteiger partial charge >= 0.3 is 0 Å². The first kappa shape index (κ1) is 22.7. The maximum Gasteiger partial charge on any atom is 0.101 e. The standard InChI is InChI=1S/C35H29PSi/c1-37(29-13-3-2-4-14-29)33-18-10-9-17-32(33)36-23-27-21-19-25-11-5-7-15-30(25)34(27)35-28(24-36)22-20-26-12-6-8-16-31(26)35/h2-22,37H,23-24H2,1H3/t37-/m0/s1. The summed E-state index contributed by atoms with van der Waals surface area (Å²) in [4.78, 5) is 0. The molecule has 2 heteroatoms. The molecular weight excluding hydrogens is 479 g/mol. The van der Waals surface area contributed by atoms with Crippen LogP contribution in [0.4, 0.5) is 0 Å². The van der Waals surface area contributed by atoms with Crippen molar-refractivity contribution in [1.82, 2.24) is 0 Å². The fraction of sp³-hybridized carbons (Fsp3) is 0.0857. The lowest BCUT2D eigenvalue weighted by Crippen LogP contribution is -2.46. The van der Waals surface area contributed by atoms with Crippen LogP contribution in [-0.4, -0.2) is 8.80 Å². The molecule has 6 aromatic carbocycles. The molecule has 0 unspecified atom stereocenters. The summed E-state index contributed by atoms with van der Waals surface area (Å²) in [6.45, 7) is 2.50. The molecule has 0 saturated heterocycles.